The average molecular weight is 228 g/mol. The van der Waals surface area contributed by atoms with Crippen LogP contribution in [-0.4, -0.2) is 23.7 Å². The fourth-order valence-electron chi connectivity index (χ4n) is 2.88. The maximum absolute atomic E-state index is 4.54. The summed E-state index contributed by atoms with van der Waals surface area (Å²) in [5.41, 5.74) is 5.30. The summed E-state index contributed by atoms with van der Waals surface area (Å²) >= 11 is 0. The van der Waals surface area contributed by atoms with Crippen LogP contribution in [0.1, 0.15) is 37.3 Å². The molecule has 0 radical (unpaired) electrons. The molecule has 2 aliphatic rings. The second-order valence-electron chi connectivity index (χ2n) is 5.32. The lowest BCUT2D eigenvalue weighted by Gasteiger charge is -2.26. The number of hydrogen-bond acceptors (Lipinski definition) is 2. The molecule has 2 aliphatic heterocycles. The Kier molecular flexibility index (Phi) is 2.98. The molecule has 0 bridgehead atoms. The summed E-state index contributed by atoms with van der Waals surface area (Å²) in [6, 6.07) is 6.78. The van der Waals surface area contributed by atoms with Crippen molar-refractivity contribution in [3.63, 3.8) is 0 Å². The van der Waals surface area contributed by atoms with E-state index in [0.29, 0.717) is 0 Å². The molecule has 1 saturated heterocycles. The quantitative estimate of drug-likeness (QED) is 0.758. The van der Waals surface area contributed by atoms with E-state index in [9.17, 15) is 0 Å². The Balaban J connectivity index is 1.71. The van der Waals surface area contributed by atoms with Crippen LogP contribution in [0.25, 0.3) is 0 Å². The minimum Gasteiger partial charge on any atom is -0.299 e. The van der Waals surface area contributed by atoms with Crippen molar-refractivity contribution in [2.75, 3.05) is 13.1 Å². The van der Waals surface area contributed by atoms with Crippen molar-refractivity contribution in [3.05, 3.63) is 29.3 Å². The van der Waals surface area contributed by atoms with Crippen molar-refractivity contribution < 1.29 is 0 Å². The van der Waals surface area contributed by atoms with Gasteiger partial charge in [-0.25, -0.2) is 0 Å². The van der Waals surface area contributed by atoms with Crippen molar-refractivity contribution in [3.8, 4) is 0 Å². The fraction of sp³-hybridized carbons (Fsp3) is 0.533. The second-order valence-corrected chi connectivity index (χ2v) is 5.32. The van der Waals surface area contributed by atoms with Gasteiger partial charge in [-0.2, -0.15) is 0 Å². The van der Waals surface area contributed by atoms with Crippen LogP contribution in [0.3, 0.4) is 0 Å². The first-order valence-electron chi connectivity index (χ1n) is 6.69. The van der Waals surface area contributed by atoms with Crippen LogP contribution in [0.2, 0.25) is 0 Å². The summed E-state index contributed by atoms with van der Waals surface area (Å²) < 4.78 is 0. The lowest BCUT2D eigenvalue weighted by atomic mass is 10.0. The van der Waals surface area contributed by atoms with Crippen molar-refractivity contribution in [1.29, 1.82) is 0 Å². The normalized spacial score (nSPS) is 20.2. The number of rotatable bonds is 2. The Labute approximate surface area is 103 Å². The summed E-state index contributed by atoms with van der Waals surface area (Å²) in [7, 11) is 0. The molecule has 3 rings (SSSR count). The molecule has 0 amide bonds. The zero-order valence-corrected chi connectivity index (χ0v) is 10.6. The first-order valence-corrected chi connectivity index (χ1v) is 6.69. The van der Waals surface area contributed by atoms with Gasteiger partial charge in [-0.1, -0.05) is 18.6 Å². The van der Waals surface area contributed by atoms with Gasteiger partial charge in [-0.05, 0) is 50.0 Å². The van der Waals surface area contributed by atoms with Gasteiger partial charge < -0.3 is 0 Å². The molecule has 0 saturated carbocycles. The highest BCUT2D eigenvalue weighted by Crippen LogP contribution is 2.28. The third-order valence-corrected chi connectivity index (χ3v) is 3.76. The highest BCUT2D eigenvalue weighted by Gasteiger charge is 2.14. The molecule has 0 aliphatic carbocycles. The lowest BCUT2D eigenvalue weighted by Crippen LogP contribution is -2.29. The molecular formula is C15H20N2. The van der Waals surface area contributed by atoms with Crippen molar-refractivity contribution in [2.45, 2.75) is 39.2 Å². The molecule has 1 aromatic carbocycles. The molecule has 0 unspecified atom stereocenters. The molecule has 2 heterocycles. The molecule has 2 nitrogen and oxygen atoms in total. The van der Waals surface area contributed by atoms with Crippen LogP contribution >= 0.6 is 0 Å². The smallest absolute Gasteiger partial charge is 0.0665 e. The molecule has 1 fully saturated rings. The first kappa shape index (κ1) is 11.0. The van der Waals surface area contributed by atoms with Gasteiger partial charge in [-0.3, -0.25) is 9.89 Å². The topological polar surface area (TPSA) is 15.6 Å². The predicted molar refractivity (Wildman–Crippen MR) is 72.0 cm³/mol. The van der Waals surface area contributed by atoms with Gasteiger partial charge in [0.25, 0.3) is 0 Å². The summed E-state index contributed by atoms with van der Waals surface area (Å²) in [6.07, 6.45) is 5.19. The van der Waals surface area contributed by atoms with E-state index in [2.05, 4.69) is 35.0 Å². The van der Waals surface area contributed by atoms with Crippen LogP contribution in [0.4, 0.5) is 5.69 Å². The molecule has 17 heavy (non-hydrogen) atoms. The Morgan fingerprint density at radius 1 is 1.18 bits per heavy atom. The summed E-state index contributed by atoms with van der Waals surface area (Å²) in [4.78, 5) is 7.12. The SMILES string of the molecule is CC1=Nc2ccc(CN3CCCCC3)cc2C1. The average Bonchev–Trinajstić information content (AvgIpc) is 2.70. The van der Waals surface area contributed by atoms with Gasteiger partial charge in [0.05, 0.1) is 5.69 Å². The first-order chi connectivity index (χ1) is 8.31. The Hall–Kier alpha value is -1.15. The second kappa shape index (κ2) is 4.61. The fourth-order valence-corrected chi connectivity index (χ4v) is 2.88. The van der Waals surface area contributed by atoms with E-state index in [0.717, 1.165) is 13.0 Å². The molecular weight excluding hydrogens is 208 g/mol. The van der Waals surface area contributed by atoms with E-state index < -0.39 is 0 Å². The minimum absolute atomic E-state index is 1.04. The maximum Gasteiger partial charge on any atom is 0.0665 e. The van der Waals surface area contributed by atoms with Crippen LogP contribution in [0.15, 0.2) is 23.2 Å². The predicted octanol–water partition coefficient (Wildman–Crippen LogP) is 3.32. The van der Waals surface area contributed by atoms with E-state index in [1.165, 1.54) is 54.9 Å². The molecule has 0 spiro atoms. The van der Waals surface area contributed by atoms with E-state index in [-0.39, 0.29) is 0 Å². The number of benzene rings is 1. The standard InChI is InChI=1S/C15H20N2/c1-12-9-14-10-13(5-6-15(14)16-12)11-17-7-3-2-4-8-17/h5-6,10H,2-4,7-9,11H2,1H3. The summed E-state index contributed by atoms with van der Waals surface area (Å²) in [5, 5.41) is 0. The van der Waals surface area contributed by atoms with Gasteiger partial charge >= 0.3 is 0 Å². The Bertz CT molecular complexity index is 442. The van der Waals surface area contributed by atoms with Gasteiger partial charge in [0.15, 0.2) is 0 Å². The minimum atomic E-state index is 1.04. The number of aliphatic imine (C=N–C) groups is 1. The van der Waals surface area contributed by atoms with E-state index in [1.54, 1.807) is 0 Å². The molecule has 2 heteroatoms. The number of likely N-dealkylation sites (tertiary alicyclic amines) is 1. The van der Waals surface area contributed by atoms with Gasteiger partial charge in [-0.15, -0.1) is 0 Å². The monoisotopic (exact) mass is 228 g/mol. The van der Waals surface area contributed by atoms with Gasteiger partial charge in [0.1, 0.15) is 0 Å². The van der Waals surface area contributed by atoms with Gasteiger partial charge in [0, 0.05) is 18.7 Å². The van der Waals surface area contributed by atoms with Gasteiger partial charge in [0.2, 0.25) is 0 Å². The zero-order valence-electron chi connectivity index (χ0n) is 10.6. The van der Waals surface area contributed by atoms with Crippen molar-refractivity contribution in [1.82, 2.24) is 4.90 Å². The van der Waals surface area contributed by atoms with Crippen LogP contribution in [0.5, 0.6) is 0 Å². The number of nitrogens with zero attached hydrogens (tertiary/aromatic N) is 2. The molecule has 0 aromatic heterocycles. The molecule has 90 valence electrons. The third kappa shape index (κ3) is 2.42. The molecule has 0 N–H and O–H groups in total. The number of piperidine rings is 1. The van der Waals surface area contributed by atoms with Crippen molar-refractivity contribution >= 4 is 11.4 Å². The number of hydrogen-bond donors (Lipinski definition) is 0. The van der Waals surface area contributed by atoms with Crippen LogP contribution < -0.4 is 0 Å². The van der Waals surface area contributed by atoms with E-state index in [4.69, 9.17) is 0 Å². The zero-order chi connectivity index (χ0) is 11.7. The largest absolute Gasteiger partial charge is 0.299 e. The Morgan fingerprint density at radius 2 is 2.00 bits per heavy atom. The number of fused-ring (bicyclic) bond motifs is 1. The van der Waals surface area contributed by atoms with Crippen LogP contribution in [0, 0.1) is 0 Å². The summed E-state index contributed by atoms with van der Waals surface area (Å²) in [6.45, 7) is 5.77. The highest BCUT2D eigenvalue weighted by molar-refractivity contribution is 5.92. The molecule has 0 atom stereocenters. The maximum atomic E-state index is 4.54. The van der Waals surface area contributed by atoms with E-state index in [1.807, 2.05) is 0 Å². The lowest BCUT2D eigenvalue weighted by molar-refractivity contribution is 0.221. The third-order valence-electron chi connectivity index (χ3n) is 3.76. The van der Waals surface area contributed by atoms with E-state index >= 15 is 0 Å². The molecule has 1 aromatic rings. The highest BCUT2D eigenvalue weighted by atomic mass is 15.1. The van der Waals surface area contributed by atoms with Crippen molar-refractivity contribution in [2.24, 2.45) is 4.99 Å². The Morgan fingerprint density at radius 3 is 2.82 bits per heavy atom. The van der Waals surface area contributed by atoms with Crippen LogP contribution in [-0.2, 0) is 13.0 Å². The summed E-state index contributed by atoms with van der Waals surface area (Å²) in [5.74, 6) is 0.